The van der Waals surface area contributed by atoms with E-state index in [-0.39, 0.29) is 11.8 Å². The second kappa shape index (κ2) is 8.87. The predicted octanol–water partition coefficient (Wildman–Crippen LogP) is 6.25. The maximum atomic E-state index is 13.8. The van der Waals surface area contributed by atoms with Crippen molar-refractivity contribution in [1.29, 1.82) is 0 Å². The first kappa shape index (κ1) is 23.3. The van der Waals surface area contributed by atoms with Crippen LogP contribution in [-0.4, -0.2) is 48.3 Å². The minimum atomic E-state index is -1.56. The molecule has 2 amide bonds. The molecule has 0 bridgehead atoms. The fourth-order valence-electron chi connectivity index (χ4n) is 5.12. The zero-order valence-electron chi connectivity index (χ0n) is 20.8. The van der Waals surface area contributed by atoms with Gasteiger partial charge in [-0.2, -0.15) is 0 Å². The van der Waals surface area contributed by atoms with Gasteiger partial charge < -0.3 is 18.4 Å². The summed E-state index contributed by atoms with van der Waals surface area (Å²) < 4.78 is 21.0. The van der Waals surface area contributed by atoms with E-state index in [1.807, 2.05) is 108 Å². The van der Waals surface area contributed by atoms with Crippen molar-refractivity contribution < 1.29 is 18.6 Å². The van der Waals surface area contributed by atoms with Gasteiger partial charge in [-0.15, -0.1) is 0 Å². The summed E-state index contributed by atoms with van der Waals surface area (Å²) in [6.45, 7) is 0.631. The molecule has 0 N–H and O–H groups in total. The Bertz CT molecular complexity index is 1500. The summed E-state index contributed by atoms with van der Waals surface area (Å²) in [5, 5.41) is 2.01. The smallest absolute Gasteiger partial charge is 0.312 e. The van der Waals surface area contributed by atoms with Crippen molar-refractivity contribution in [1.82, 2.24) is 9.34 Å². The van der Waals surface area contributed by atoms with Crippen molar-refractivity contribution in [3.05, 3.63) is 96.1 Å². The molecule has 0 aliphatic carbocycles. The fraction of sp³-hybridized carbons (Fsp3) is 0.143. The van der Waals surface area contributed by atoms with Gasteiger partial charge in [-0.25, -0.2) is 0 Å². The second-order valence-electron chi connectivity index (χ2n) is 9.27. The number of para-hydroxylation sites is 2. The quantitative estimate of drug-likeness (QED) is 0.245. The first-order chi connectivity index (χ1) is 18.5. The van der Waals surface area contributed by atoms with Crippen LogP contribution in [-0.2, 0) is 0 Å². The molecule has 8 nitrogen and oxygen atoms in total. The highest BCUT2D eigenvalue weighted by molar-refractivity contribution is 7.54. The zero-order valence-corrected chi connectivity index (χ0v) is 22.6. The van der Waals surface area contributed by atoms with Crippen molar-refractivity contribution >= 4 is 50.9 Å². The molecule has 4 aromatic rings. The lowest BCUT2D eigenvalue weighted by Gasteiger charge is -2.45. The Balaban J connectivity index is 1.41. The lowest BCUT2D eigenvalue weighted by atomic mass is 10.1. The van der Waals surface area contributed by atoms with E-state index >= 15 is 0 Å². The highest BCUT2D eigenvalue weighted by Crippen LogP contribution is 2.59. The number of rotatable bonds is 0. The molecule has 38 heavy (non-hydrogen) atoms. The van der Waals surface area contributed by atoms with E-state index in [2.05, 4.69) is 0 Å². The van der Waals surface area contributed by atoms with Gasteiger partial charge in [0.15, 0.2) is 11.5 Å². The number of hydrogen-bond donors (Lipinski definition) is 0. The van der Waals surface area contributed by atoms with E-state index in [0.717, 1.165) is 22.1 Å². The Morgan fingerprint density at radius 3 is 1.45 bits per heavy atom. The molecule has 0 spiro atoms. The standard InChI is InChI=1S/C28H24N4O4P2/c1-29-23-13-7-5-11-21(23)27(33)31-15-16-32-28(34)22-12-6-8-14-24(22)30(2)38(32)36-26-18-20-10-4-3-9-19(20)17-25(26)35-37(29)31/h3-14,17-18H,15-16H2,1-2H3. The number of benzene rings is 4. The van der Waals surface area contributed by atoms with Gasteiger partial charge in [-0.1, -0.05) is 48.5 Å². The number of fused-ring (bicyclic) bond motifs is 6. The molecular formula is C28H24N4O4P2. The van der Waals surface area contributed by atoms with Crippen molar-refractivity contribution in [2.45, 2.75) is 0 Å². The Labute approximate surface area is 222 Å². The molecule has 0 aromatic heterocycles. The van der Waals surface area contributed by atoms with Gasteiger partial charge in [0.2, 0.25) is 0 Å². The van der Waals surface area contributed by atoms with Crippen LogP contribution in [0.3, 0.4) is 0 Å². The van der Waals surface area contributed by atoms with E-state index in [1.54, 1.807) is 9.34 Å². The number of hydrogen-bond acceptors (Lipinski definition) is 6. The van der Waals surface area contributed by atoms with E-state index < -0.39 is 16.9 Å². The number of carbonyl (C=O) groups is 2. The van der Waals surface area contributed by atoms with Crippen molar-refractivity contribution in [3.8, 4) is 11.5 Å². The second-order valence-corrected chi connectivity index (χ2v) is 12.8. The van der Waals surface area contributed by atoms with Crippen LogP contribution in [0.15, 0.2) is 84.9 Å². The first-order valence-electron chi connectivity index (χ1n) is 12.3. The van der Waals surface area contributed by atoms with Gasteiger partial charge in [0.25, 0.3) is 11.8 Å². The highest BCUT2D eigenvalue weighted by atomic mass is 31.2. The van der Waals surface area contributed by atoms with Gasteiger partial charge in [-0.3, -0.25) is 18.9 Å². The third-order valence-electron chi connectivity index (χ3n) is 7.06. The van der Waals surface area contributed by atoms with Crippen molar-refractivity contribution in [2.75, 3.05) is 36.5 Å². The van der Waals surface area contributed by atoms with Crippen LogP contribution in [0.2, 0.25) is 0 Å². The topological polar surface area (TPSA) is 65.6 Å². The van der Waals surface area contributed by atoms with Gasteiger partial charge in [-0.05, 0) is 47.2 Å². The Morgan fingerprint density at radius 1 is 0.605 bits per heavy atom. The minimum absolute atomic E-state index is 0.101. The monoisotopic (exact) mass is 542 g/mol. The van der Waals surface area contributed by atoms with Gasteiger partial charge in [0.05, 0.1) is 22.5 Å². The molecule has 10 heteroatoms. The molecule has 190 valence electrons. The van der Waals surface area contributed by atoms with Crippen LogP contribution in [0, 0.1) is 0 Å². The number of anilines is 2. The van der Waals surface area contributed by atoms with Gasteiger partial charge >= 0.3 is 16.9 Å². The predicted molar refractivity (Wildman–Crippen MR) is 151 cm³/mol. The molecule has 0 radical (unpaired) electrons. The first-order valence-corrected chi connectivity index (χ1v) is 14.6. The summed E-state index contributed by atoms with van der Waals surface area (Å²) in [4.78, 5) is 27.6. The van der Waals surface area contributed by atoms with E-state index in [0.29, 0.717) is 35.7 Å². The molecule has 0 saturated heterocycles. The van der Waals surface area contributed by atoms with E-state index in [4.69, 9.17) is 9.05 Å². The minimum Gasteiger partial charge on any atom is -0.432 e. The summed E-state index contributed by atoms with van der Waals surface area (Å²) in [5.74, 6) is 0.887. The number of amides is 2. The maximum Gasteiger partial charge on any atom is 0.312 e. The summed E-state index contributed by atoms with van der Waals surface area (Å²) >= 11 is 0. The van der Waals surface area contributed by atoms with Gasteiger partial charge in [0.1, 0.15) is 0 Å². The molecular weight excluding hydrogens is 518 g/mol. The SMILES string of the molecule is CN1c2ccccc2C(=O)N2CCN3C(=O)c4ccccc4N(C)P3Oc3cc4ccccc4cc3OP21. The van der Waals surface area contributed by atoms with Gasteiger partial charge in [0, 0.05) is 27.2 Å². The number of nitrogens with zero attached hydrogens (tertiary/aromatic N) is 4. The van der Waals surface area contributed by atoms with Crippen LogP contribution in [0.4, 0.5) is 11.4 Å². The molecule has 2 unspecified atom stereocenters. The van der Waals surface area contributed by atoms with Crippen LogP contribution < -0.4 is 18.4 Å². The molecule has 3 aliphatic rings. The zero-order chi connectivity index (χ0) is 26.0. The maximum absolute atomic E-state index is 13.8. The van der Waals surface area contributed by atoms with Crippen LogP contribution in [0.1, 0.15) is 20.7 Å². The summed E-state index contributed by atoms with van der Waals surface area (Å²) in [6.07, 6.45) is 0. The highest BCUT2D eigenvalue weighted by Gasteiger charge is 2.44. The van der Waals surface area contributed by atoms with Crippen molar-refractivity contribution in [2.24, 2.45) is 0 Å². The largest absolute Gasteiger partial charge is 0.432 e. The lowest BCUT2D eigenvalue weighted by Crippen LogP contribution is -2.46. The summed E-state index contributed by atoms with van der Waals surface area (Å²) in [5.41, 5.74) is 2.90. The normalized spacial score (nSPS) is 20.5. The molecule has 7 rings (SSSR count). The fourth-order valence-corrected chi connectivity index (χ4v) is 8.61. The summed E-state index contributed by atoms with van der Waals surface area (Å²) in [7, 11) is 0.774. The van der Waals surface area contributed by atoms with Crippen LogP contribution in [0.5, 0.6) is 11.5 Å². The Hall–Kier alpha value is -3.86. The van der Waals surface area contributed by atoms with E-state index in [1.165, 1.54) is 0 Å². The third kappa shape index (κ3) is 3.52. The van der Waals surface area contributed by atoms with Crippen LogP contribution in [0.25, 0.3) is 10.8 Å². The molecule has 2 atom stereocenters. The van der Waals surface area contributed by atoms with Crippen molar-refractivity contribution in [3.63, 3.8) is 0 Å². The number of carbonyl (C=O) groups excluding carboxylic acids is 2. The average Bonchev–Trinajstić information content (AvgIpc) is 2.95. The molecule has 3 aliphatic heterocycles. The Kier molecular flexibility index (Phi) is 5.43. The summed E-state index contributed by atoms with van der Waals surface area (Å²) in [6, 6.07) is 27.1. The molecule has 0 saturated carbocycles. The van der Waals surface area contributed by atoms with E-state index in [9.17, 15) is 9.59 Å². The average molecular weight is 542 g/mol. The molecule has 0 fully saturated rings. The Morgan fingerprint density at radius 2 is 1.00 bits per heavy atom. The molecule has 3 heterocycles. The van der Waals surface area contributed by atoms with Crippen LogP contribution >= 0.6 is 16.9 Å². The third-order valence-corrected chi connectivity index (χ3v) is 10.8. The molecule has 4 aromatic carbocycles. The lowest BCUT2D eigenvalue weighted by molar-refractivity contribution is 0.0798.